The van der Waals surface area contributed by atoms with Gasteiger partial charge in [-0.25, -0.2) is 0 Å². The van der Waals surface area contributed by atoms with Crippen molar-refractivity contribution < 1.29 is 5.11 Å². The molecule has 2 rings (SSSR count). The van der Waals surface area contributed by atoms with Crippen LogP contribution in [0.3, 0.4) is 0 Å². The van der Waals surface area contributed by atoms with Crippen LogP contribution in [-0.4, -0.2) is 22.8 Å². The first-order valence-corrected chi connectivity index (χ1v) is 7.75. The predicted octanol–water partition coefficient (Wildman–Crippen LogP) is 3.30. The summed E-state index contributed by atoms with van der Waals surface area (Å²) in [5.74, 6) is 0. The first-order valence-electron chi connectivity index (χ1n) is 7.75. The molecule has 0 unspecified atom stereocenters. The maximum atomic E-state index is 8.78. The fourth-order valence-electron chi connectivity index (χ4n) is 2.64. The molecule has 0 aliphatic rings. The van der Waals surface area contributed by atoms with E-state index in [4.69, 9.17) is 5.11 Å². The SMILES string of the molecule is CCNCc1cccc2c1ccn2CCCCCCO. The van der Waals surface area contributed by atoms with Gasteiger partial charge in [0.05, 0.1) is 0 Å². The minimum absolute atomic E-state index is 0.320. The zero-order valence-corrected chi connectivity index (χ0v) is 12.4. The van der Waals surface area contributed by atoms with E-state index >= 15 is 0 Å². The lowest BCUT2D eigenvalue weighted by molar-refractivity contribution is 0.282. The summed E-state index contributed by atoms with van der Waals surface area (Å²) in [4.78, 5) is 0. The van der Waals surface area contributed by atoms with Crippen LogP contribution in [0.25, 0.3) is 10.9 Å². The molecule has 1 heterocycles. The molecule has 0 saturated heterocycles. The van der Waals surface area contributed by atoms with Gasteiger partial charge >= 0.3 is 0 Å². The topological polar surface area (TPSA) is 37.2 Å². The number of aliphatic hydroxyl groups excluding tert-OH is 1. The van der Waals surface area contributed by atoms with Gasteiger partial charge < -0.3 is 15.0 Å². The van der Waals surface area contributed by atoms with Crippen molar-refractivity contribution in [3.8, 4) is 0 Å². The van der Waals surface area contributed by atoms with Crippen LogP contribution < -0.4 is 5.32 Å². The first kappa shape index (κ1) is 15.1. The van der Waals surface area contributed by atoms with Crippen molar-refractivity contribution in [1.29, 1.82) is 0 Å². The molecule has 2 N–H and O–H groups in total. The van der Waals surface area contributed by atoms with E-state index < -0.39 is 0 Å². The maximum Gasteiger partial charge on any atom is 0.0483 e. The Morgan fingerprint density at radius 3 is 2.75 bits per heavy atom. The molecule has 0 fully saturated rings. The second-order valence-corrected chi connectivity index (χ2v) is 5.28. The second kappa shape index (κ2) is 8.08. The number of nitrogens with zero attached hydrogens (tertiary/aromatic N) is 1. The Hall–Kier alpha value is -1.32. The molecule has 0 radical (unpaired) electrons. The summed E-state index contributed by atoms with van der Waals surface area (Å²) >= 11 is 0. The lowest BCUT2D eigenvalue weighted by Crippen LogP contribution is -2.11. The molecule has 2 aromatic rings. The minimum Gasteiger partial charge on any atom is -0.396 e. The molecule has 0 spiro atoms. The fraction of sp³-hybridized carbons (Fsp3) is 0.529. The van der Waals surface area contributed by atoms with Gasteiger partial charge in [0.25, 0.3) is 0 Å². The molecular weight excluding hydrogens is 248 g/mol. The van der Waals surface area contributed by atoms with Gasteiger partial charge in [-0.05, 0) is 37.1 Å². The Kier molecular flexibility index (Phi) is 6.09. The highest BCUT2D eigenvalue weighted by molar-refractivity contribution is 5.83. The average molecular weight is 274 g/mol. The van der Waals surface area contributed by atoms with Gasteiger partial charge in [0.15, 0.2) is 0 Å². The molecule has 3 heteroatoms. The minimum atomic E-state index is 0.320. The van der Waals surface area contributed by atoms with Crippen molar-refractivity contribution in [2.24, 2.45) is 0 Å². The number of hydrogen-bond acceptors (Lipinski definition) is 2. The van der Waals surface area contributed by atoms with E-state index in [-0.39, 0.29) is 0 Å². The van der Waals surface area contributed by atoms with Gasteiger partial charge in [-0.3, -0.25) is 0 Å². The molecule has 1 aromatic heterocycles. The standard InChI is InChI=1S/C17H26N2O/c1-2-18-14-15-8-7-9-17-16(15)10-12-19(17)11-5-3-4-6-13-20/h7-10,12,18,20H,2-6,11,13-14H2,1H3. The van der Waals surface area contributed by atoms with Crippen LogP contribution in [0.1, 0.15) is 38.2 Å². The Bertz CT molecular complexity index is 519. The largest absolute Gasteiger partial charge is 0.396 e. The number of hydrogen-bond donors (Lipinski definition) is 2. The fourth-order valence-corrected chi connectivity index (χ4v) is 2.64. The number of nitrogens with one attached hydrogen (secondary N) is 1. The average Bonchev–Trinajstić information content (AvgIpc) is 2.89. The number of aromatic nitrogens is 1. The van der Waals surface area contributed by atoms with Gasteiger partial charge in [0, 0.05) is 36.8 Å². The van der Waals surface area contributed by atoms with E-state index in [1.165, 1.54) is 29.3 Å². The number of unbranched alkanes of at least 4 members (excludes halogenated alkanes) is 3. The van der Waals surface area contributed by atoms with Crippen LogP contribution in [0.4, 0.5) is 0 Å². The quantitative estimate of drug-likeness (QED) is 0.688. The summed E-state index contributed by atoms with van der Waals surface area (Å²) < 4.78 is 2.35. The normalized spacial score (nSPS) is 11.3. The Balaban J connectivity index is 2.00. The van der Waals surface area contributed by atoms with E-state index in [2.05, 4.69) is 47.3 Å². The van der Waals surface area contributed by atoms with E-state index in [1.807, 2.05) is 0 Å². The molecule has 0 aliphatic heterocycles. The number of aliphatic hydroxyl groups is 1. The zero-order chi connectivity index (χ0) is 14.2. The van der Waals surface area contributed by atoms with Crippen molar-refractivity contribution in [1.82, 2.24) is 9.88 Å². The van der Waals surface area contributed by atoms with E-state index in [0.717, 1.165) is 32.5 Å². The van der Waals surface area contributed by atoms with Crippen molar-refractivity contribution in [3.63, 3.8) is 0 Å². The lowest BCUT2D eigenvalue weighted by Gasteiger charge is -2.07. The Morgan fingerprint density at radius 1 is 1.10 bits per heavy atom. The summed E-state index contributed by atoms with van der Waals surface area (Å²) in [5.41, 5.74) is 2.71. The second-order valence-electron chi connectivity index (χ2n) is 5.28. The summed E-state index contributed by atoms with van der Waals surface area (Å²) in [6.45, 7) is 5.47. The van der Waals surface area contributed by atoms with E-state index in [0.29, 0.717) is 6.61 Å². The molecule has 110 valence electrons. The zero-order valence-electron chi connectivity index (χ0n) is 12.4. The van der Waals surface area contributed by atoms with Gasteiger partial charge in [-0.2, -0.15) is 0 Å². The van der Waals surface area contributed by atoms with Crippen molar-refractivity contribution in [3.05, 3.63) is 36.0 Å². The van der Waals surface area contributed by atoms with Crippen molar-refractivity contribution in [2.75, 3.05) is 13.2 Å². The third kappa shape index (κ3) is 3.84. The van der Waals surface area contributed by atoms with Crippen molar-refractivity contribution in [2.45, 2.75) is 45.7 Å². The van der Waals surface area contributed by atoms with Gasteiger partial charge in [-0.1, -0.05) is 31.9 Å². The highest BCUT2D eigenvalue weighted by Gasteiger charge is 2.04. The number of benzene rings is 1. The summed E-state index contributed by atoms with van der Waals surface area (Å²) in [7, 11) is 0. The smallest absolute Gasteiger partial charge is 0.0483 e. The van der Waals surface area contributed by atoms with Gasteiger partial charge in [-0.15, -0.1) is 0 Å². The van der Waals surface area contributed by atoms with Crippen LogP contribution in [0.5, 0.6) is 0 Å². The number of fused-ring (bicyclic) bond motifs is 1. The Labute approximate surface area is 121 Å². The molecule has 3 nitrogen and oxygen atoms in total. The number of aryl methyl sites for hydroxylation is 1. The molecule has 0 aliphatic carbocycles. The van der Waals surface area contributed by atoms with E-state index in [1.54, 1.807) is 0 Å². The molecular formula is C17H26N2O. The van der Waals surface area contributed by atoms with Crippen LogP contribution in [-0.2, 0) is 13.1 Å². The summed E-state index contributed by atoms with van der Waals surface area (Å²) in [6.07, 6.45) is 6.63. The van der Waals surface area contributed by atoms with Crippen LogP contribution in [0.15, 0.2) is 30.5 Å². The molecule has 0 amide bonds. The van der Waals surface area contributed by atoms with Crippen LogP contribution in [0, 0.1) is 0 Å². The first-order chi connectivity index (χ1) is 9.86. The summed E-state index contributed by atoms with van der Waals surface area (Å²) in [6, 6.07) is 8.79. The highest BCUT2D eigenvalue weighted by Crippen LogP contribution is 2.21. The molecule has 0 saturated carbocycles. The molecule has 0 atom stereocenters. The van der Waals surface area contributed by atoms with Crippen LogP contribution >= 0.6 is 0 Å². The van der Waals surface area contributed by atoms with Crippen molar-refractivity contribution >= 4 is 10.9 Å². The predicted molar refractivity (Wildman–Crippen MR) is 84.9 cm³/mol. The summed E-state index contributed by atoms with van der Waals surface area (Å²) in [5, 5.41) is 13.5. The Morgan fingerprint density at radius 2 is 1.95 bits per heavy atom. The third-order valence-electron chi connectivity index (χ3n) is 3.78. The monoisotopic (exact) mass is 274 g/mol. The number of rotatable bonds is 9. The molecule has 20 heavy (non-hydrogen) atoms. The third-order valence-corrected chi connectivity index (χ3v) is 3.78. The molecule has 0 bridgehead atoms. The highest BCUT2D eigenvalue weighted by atomic mass is 16.2. The lowest BCUT2D eigenvalue weighted by atomic mass is 10.1. The maximum absolute atomic E-state index is 8.78. The van der Waals surface area contributed by atoms with Gasteiger partial charge in [0.1, 0.15) is 0 Å². The molecule has 1 aromatic carbocycles. The van der Waals surface area contributed by atoms with E-state index in [9.17, 15) is 0 Å². The van der Waals surface area contributed by atoms with Crippen LogP contribution in [0.2, 0.25) is 0 Å². The van der Waals surface area contributed by atoms with Gasteiger partial charge in [0.2, 0.25) is 0 Å².